The lowest BCUT2D eigenvalue weighted by atomic mass is 10.2. The van der Waals surface area contributed by atoms with Crippen LogP contribution in [0.1, 0.15) is 5.56 Å². The number of amides is 2. The summed E-state index contributed by atoms with van der Waals surface area (Å²) in [6, 6.07) is 13.9. The van der Waals surface area contributed by atoms with E-state index in [2.05, 4.69) is 40.9 Å². The molecule has 0 fully saturated rings. The first-order chi connectivity index (χ1) is 18.3. The number of anilines is 4. The first-order valence-electron chi connectivity index (χ1n) is 10.8. The van der Waals surface area contributed by atoms with Crippen molar-refractivity contribution in [3.05, 3.63) is 82.2 Å². The van der Waals surface area contributed by atoms with Gasteiger partial charge in [-0.15, -0.1) is 0 Å². The molecule has 5 rings (SSSR count). The summed E-state index contributed by atoms with van der Waals surface area (Å²) in [4.78, 5) is 32.1. The van der Waals surface area contributed by atoms with E-state index in [-0.39, 0.29) is 0 Å². The van der Waals surface area contributed by atoms with Crippen molar-refractivity contribution >= 4 is 84.7 Å². The van der Waals surface area contributed by atoms with Gasteiger partial charge in [0.05, 0.1) is 23.0 Å². The third kappa shape index (κ3) is 7.62. The zero-order valence-electron chi connectivity index (χ0n) is 19.9. The summed E-state index contributed by atoms with van der Waals surface area (Å²) < 4.78 is 6.20. The lowest BCUT2D eigenvalue weighted by Gasteiger charge is -2.10. The number of nitrogens with one attached hydrogen (secondary N) is 3. The number of hydrogen-bond donors (Lipinski definition) is 3. The number of methoxy groups -OCH3 is 1. The summed E-state index contributed by atoms with van der Waals surface area (Å²) in [5, 5.41) is 10.3. The molecule has 0 bridgehead atoms. The summed E-state index contributed by atoms with van der Waals surface area (Å²) in [6.07, 6.45) is 2.70. The minimum absolute atomic E-state index is 0.356. The lowest BCUT2D eigenvalue weighted by Crippen LogP contribution is -2.19. The van der Waals surface area contributed by atoms with E-state index < -0.39 is 6.03 Å². The van der Waals surface area contributed by atoms with Gasteiger partial charge < -0.3 is 15.4 Å². The molecule has 0 unspecified atom stereocenters. The number of ether oxygens (including phenoxy) is 1. The molecule has 14 heteroatoms. The van der Waals surface area contributed by atoms with Gasteiger partial charge in [-0.2, -0.15) is 0 Å². The molecule has 5 aromatic rings. The summed E-state index contributed by atoms with van der Waals surface area (Å²) in [5.41, 5.74) is 3.19. The van der Waals surface area contributed by atoms with E-state index in [4.69, 9.17) is 39.5 Å². The number of benzene rings is 2. The molecular formula is C24H19Cl3N8O2S. The monoisotopic (exact) mass is 588 g/mol. The molecule has 2 aromatic carbocycles. The van der Waals surface area contributed by atoms with Gasteiger partial charge in [0.1, 0.15) is 39.7 Å². The molecule has 2 amide bonds. The van der Waals surface area contributed by atoms with Crippen LogP contribution in [-0.2, 0) is 0 Å². The molecule has 194 valence electrons. The maximum absolute atomic E-state index is 12.4. The third-order valence-electron chi connectivity index (χ3n) is 4.72. The van der Waals surface area contributed by atoms with E-state index in [1.165, 1.54) is 30.1 Å². The van der Waals surface area contributed by atoms with Crippen LogP contribution < -0.4 is 20.7 Å². The molecule has 3 aromatic heterocycles. The minimum atomic E-state index is -0.396. The second kappa shape index (κ2) is 12.7. The maximum Gasteiger partial charge on any atom is 0.325 e. The van der Waals surface area contributed by atoms with Gasteiger partial charge >= 0.3 is 6.03 Å². The molecule has 0 aliphatic carbocycles. The number of aromatic nitrogens is 5. The summed E-state index contributed by atoms with van der Waals surface area (Å²) in [5.74, 6) is 1.17. The Balaban J connectivity index is 0.000000360. The highest BCUT2D eigenvalue weighted by Crippen LogP contribution is 2.30. The van der Waals surface area contributed by atoms with Crippen molar-refractivity contribution in [3.8, 4) is 5.75 Å². The van der Waals surface area contributed by atoms with Gasteiger partial charge in [-0.1, -0.05) is 52.2 Å². The van der Waals surface area contributed by atoms with Crippen molar-refractivity contribution in [3.63, 3.8) is 0 Å². The van der Waals surface area contributed by atoms with Crippen LogP contribution in [0, 0.1) is 6.92 Å². The van der Waals surface area contributed by atoms with Crippen molar-refractivity contribution < 1.29 is 9.53 Å². The fourth-order valence-electron chi connectivity index (χ4n) is 3.09. The third-order valence-corrected chi connectivity index (χ3v) is 6.27. The van der Waals surface area contributed by atoms with Crippen LogP contribution in [0.5, 0.6) is 5.75 Å². The number of halogens is 3. The van der Waals surface area contributed by atoms with Gasteiger partial charge in [-0.3, -0.25) is 5.32 Å². The zero-order valence-corrected chi connectivity index (χ0v) is 23.0. The summed E-state index contributed by atoms with van der Waals surface area (Å²) in [6.45, 7) is 1.94. The average molecular weight is 590 g/mol. The fraction of sp³-hybridized carbons (Fsp3) is 0.0833. The number of thiazole rings is 1. The predicted molar refractivity (Wildman–Crippen MR) is 152 cm³/mol. The number of fused-ring (bicyclic) bond motifs is 1. The first-order valence-corrected chi connectivity index (χ1v) is 12.7. The summed E-state index contributed by atoms with van der Waals surface area (Å²) in [7, 11) is 1.56. The van der Waals surface area contributed by atoms with Gasteiger partial charge in [-0.05, 0) is 42.8 Å². The Labute approximate surface area is 236 Å². The van der Waals surface area contributed by atoms with Crippen LogP contribution in [0.25, 0.3) is 10.2 Å². The normalized spacial score (nSPS) is 10.3. The Bertz CT molecular complexity index is 1570. The van der Waals surface area contributed by atoms with Crippen molar-refractivity contribution in [2.24, 2.45) is 0 Å². The Kier molecular flexibility index (Phi) is 9.08. The fourth-order valence-corrected chi connectivity index (χ4v) is 4.48. The molecule has 0 saturated heterocycles. The SMILES string of the molecule is COc1ccc(C)cc1NC(=O)Nc1nc2ccc(Nc3cc(Cl)ncn3)cc2s1.Clc1cc(Cl)ncn1. The molecule has 3 heterocycles. The van der Waals surface area contributed by atoms with Gasteiger partial charge in [0.15, 0.2) is 5.13 Å². The topological polar surface area (TPSA) is 127 Å². The number of aryl methyl sites for hydroxylation is 1. The van der Waals surface area contributed by atoms with Gasteiger partial charge in [-0.25, -0.2) is 29.7 Å². The maximum atomic E-state index is 12.4. The van der Waals surface area contributed by atoms with Gasteiger partial charge in [0.2, 0.25) is 0 Å². The van der Waals surface area contributed by atoms with E-state index in [0.29, 0.717) is 37.8 Å². The van der Waals surface area contributed by atoms with Crippen LogP contribution in [-0.4, -0.2) is 38.1 Å². The van der Waals surface area contributed by atoms with E-state index >= 15 is 0 Å². The van der Waals surface area contributed by atoms with Crippen molar-refractivity contribution in [1.82, 2.24) is 24.9 Å². The number of carbonyl (C=O) groups is 1. The second-order valence-electron chi connectivity index (χ2n) is 7.50. The van der Waals surface area contributed by atoms with Gasteiger partial charge in [0, 0.05) is 17.8 Å². The highest BCUT2D eigenvalue weighted by Gasteiger charge is 2.11. The van der Waals surface area contributed by atoms with E-state index in [1.54, 1.807) is 13.2 Å². The smallest absolute Gasteiger partial charge is 0.325 e. The zero-order chi connectivity index (χ0) is 27.1. The number of carbonyl (C=O) groups excluding carboxylic acids is 1. The van der Waals surface area contributed by atoms with Gasteiger partial charge in [0.25, 0.3) is 0 Å². The first kappa shape index (κ1) is 27.3. The molecule has 0 aliphatic heterocycles. The standard InChI is InChI=1S/C20H17ClN6O2S.C4H2Cl2N2/c1-11-3-6-15(29-2)14(7-11)25-19(28)27-20-26-13-5-4-12(8-16(13)30-20)24-18-9-17(21)22-10-23-18;5-3-1-4(6)8-2-7-3/h3-10H,1-2H3,(H,22,23,24)(H2,25,26,27,28);1-2H. The Hall–Kier alpha value is -3.77. The molecular weight excluding hydrogens is 571 g/mol. The molecule has 0 saturated carbocycles. The largest absolute Gasteiger partial charge is 0.495 e. The molecule has 38 heavy (non-hydrogen) atoms. The highest BCUT2D eigenvalue weighted by atomic mass is 35.5. The molecule has 3 N–H and O–H groups in total. The molecule has 0 spiro atoms. The second-order valence-corrected chi connectivity index (χ2v) is 9.69. The lowest BCUT2D eigenvalue weighted by molar-refractivity contribution is 0.262. The van der Waals surface area contributed by atoms with Crippen LogP contribution in [0.4, 0.5) is 27.1 Å². The van der Waals surface area contributed by atoms with Crippen LogP contribution in [0.15, 0.2) is 61.2 Å². The van der Waals surface area contributed by atoms with Crippen LogP contribution in [0.3, 0.4) is 0 Å². The Morgan fingerprint density at radius 3 is 2.24 bits per heavy atom. The number of hydrogen-bond acceptors (Lipinski definition) is 9. The minimum Gasteiger partial charge on any atom is -0.495 e. The highest BCUT2D eigenvalue weighted by molar-refractivity contribution is 7.22. The number of urea groups is 1. The number of nitrogens with zero attached hydrogens (tertiary/aromatic N) is 5. The van der Waals surface area contributed by atoms with Crippen LogP contribution in [0.2, 0.25) is 15.5 Å². The Morgan fingerprint density at radius 2 is 1.58 bits per heavy atom. The van der Waals surface area contributed by atoms with E-state index in [1.807, 2.05) is 43.3 Å². The average Bonchev–Trinajstić information content (AvgIpc) is 3.26. The van der Waals surface area contributed by atoms with E-state index in [9.17, 15) is 4.79 Å². The summed E-state index contributed by atoms with van der Waals surface area (Å²) >= 11 is 18.1. The molecule has 10 nitrogen and oxygen atoms in total. The molecule has 0 aliphatic rings. The molecule has 0 atom stereocenters. The molecule has 0 radical (unpaired) electrons. The van der Waals surface area contributed by atoms with Crippen molar-refractivity contribution in [2.45, 2.75) is 6.92 Å². The number of rotatable bonds is 5. The Morgan fingerprint density at radius 1 is 0.868 bits per heavy atom. The van der Waals surface area contributed by atoms with Crippen molar-refractivity contribution in [1.29, 1.82) is 0 Å². The van der Waals surface area contributed by atoms with Crippen molar-refractivity contribution in [2.75, 3.05) is 23.1 Å². The quantitative estimate of drug-likeness (QED) is 0.183. The van der Waals surface area contributed by atoms with Crippen LogP contribution >= 0.6 is 46.1 Å². The predicted octanol–water partition coefficient (Wildman–Crippen LogP) is 7.23. The van der Waals surface area contributed by atoms with E-state index in [0.717, 1.165) is 21.5 Å².